The molecule has 1 saturated carbocycles. The standard InChI is InChI=1S/C7H8N2/c8-5-7-1-2-9-4-6(7)3-7/h2,6H,1,3-4H2. The molecule has 1 aliphatic heterocycles. The van der Waals surface area contributed by atoms with Gasteiger partial charge in [-0.25, -0.2) is 0 Å². The van der Waals surface area contributed by atoms with E-state index in [2.05, 4.69) is 11.1 Å². The van der Waals surface area contributed by atoms with E-state index >= 15 is 0 Å². The van der Waals surface area contributed by atoms with Gasteiger partial charge in [-0.3, -0.25) is 4.99 Å². The van der Waals surface area contributed by atoms with E-state index in [9.17, 15) is 0 Å². The first kappa shape index (κ1) is 4.99. The molecule has 0 aromatic rings. The maximum Gasteiger partial charge on any atom is 0.0697 e. The van der Waals surface area contributed by atoms with Gasteiger partial charge in [-0.2, -0.15) is 5.26 Å². The van der Waals surface area contributed by atoms with Crippen LogP contribution in [0.5, 0.6) is 0 Å². The van der Waals surface area contributed by atoms with Crippen molar-refractivity contribution in [3.63, 3.8) is 0 Å². The third-order valence-electron chi connectivity index (χ3n) is 2.37. The molecule has 2 atom stereocenters. The normalized spacial score (nSPS) is 45.4. The molecule has 0 aromatic heterocycles. The summed E-state index contributed by atoms with van der Waals surface area (Å²) in [5.74, 6) is 0.604. The van der Waals surface area contributed by atoms with Crippen molar-refractivity contribution in [1.29, 1.82) is 5.26 Å². The van der Waals surface area contributed by atoms with E-state index < -0.39 is 0 Å². The average molecular weight is 120 g/mol. The summed E-state index contributed by atoms with van der Waals surface area (Å²) in [5.41, 5.74) is 0.0434. The zero-order chi connectivity index (χ0) is 6.32. The molecule has 1 fully saturated rings. The molecule has 1 aliphatic carbocycles. The lowest BCUT2D eigenvalue weighted by molar-refractivity contribution is 0.593. The number of nitrogens with zero attached hydrogens (tertiary/aromatic N) is 2. The van der Waals surface area contributed by atoms with Crippen molar-refractivity contribution >= 4 is 6.21 Å². The van der Waals surface area contributed by atoms with Gasteiger partial charge in [0.25, 0.3) is 0 Å². The summed E-state index contributed by atoms with van der Waals surface area (Å²) >= 11 is 0. The van der Waals surface area contributed by atoms with Gasteiger partial charge in [0.1, 0.15) is 0 Å². The Labute approximate surface area is 54.2 Å². The average Bonchev–Trinajstić information content (AvgIpc) is 2.62. The van der Waals surface area contributed by atoms with Gasteiger partial charge < -0.3 is 0 Å². The molecule has 0 spiro atoms. The molecule has 0 radical (unpaired) electrons. The fourth-order valence-electron chi connectivity index (χ4n) is 1.48. The van der Waals surface area contributed by atoms with E-state index in [1.807, 2.05) is 6.21 Å². The van der Waals surface area contributed by atoms with Crippen LogP contribution in [-0.2, 0) is 0 Å². The molecule has 2 unspecified atom stereocenters. The van der Waals surface area contributed by atoms with Gasteiger partial charge in [0, 0.05) is 19.2 Å². The van der Waals surface area contributed by atoms with Crippen LogP contribution >= 0.6 is 0 Å². The summed E-state index contributed by atoms with van der Waals surface area (Å²) < 4.78 is 0. The summed E-state index contributed by atoms with van der Waals surface area (Å²) in [7, 11) is 0. The lowest BCUT2D eigenvalue weighted by Gasteiger charge is -2.06. The minimum absolute atomic E-state index is 0.0434. The van der Waals surface area contributed by atoms with E-state index in [1.54, 1.807) is 0 Å². The Balaban J connectivity index is 2.22. The number of nitriles is 1. The van der Waals surface area contributed by atoms with Crippen LogP contribution in [0.25, 0.3) is 0 Å². The fourth-order valence-corrected chi connectivity index (χ4v) is 1.48. The van der Waals surface area contributed by atoms with Gasteiger partial charge in [0.15, 0.2) is 0 Å². The van der Waals surface area contributed by atoms with Crippen LogP contribution in [0, 0.1) is 22.7 Å². The number of hydrogen-bond acceptors (Lipinski definition) is 2. The van der Waals surface area contributed by atoms with Crippen molar-refractivity contribution in [1.82, 2.24) is 0 Å². The van der Waals surface area contributed by atoms with Crippen LogP contribution in [0.15, 0.2) is 4.99 Å². The van der Waals surface area contributed by atoms with Crippen molar-refractivity contribution in [2.75, 3.05) is 6.54 Å². The Hall–Kier alpha value is -0.840. The van der Waals surface area contributed by atoms with Crippen molar-refractivity contribution in [2.24, 2.45) is 16.3 Å². The number of rotatable bonds is 0. The molecular formula is C7H8N2. The zero-order valence-corrected chi connectivity index (χ0v) is 5.17. The summed E-state index contributed by atoms with van der Waals surface area (Å²) in [4.78, 5) is 4.12. The van der Waals surface area contributed by atoms with Gasteiger partial charge in [0.2, 0.25) is 0 Å². The molecule has 0 bridgehead atoms. The lowest BCUT2D eigenvalue weighted by Crippen LogP contribution is -2.08. The number of hydrogen-bond donors (Lipinski definition) is 0. The maximum atomic E-state index is 8.68. The molecule has 2 rings (SSSR count). The summed E-state index contributed by atoms with van der Waals surface area (Å²) in [5, 5.41) is 8.68. The first-order chi connectivity index (χ1) is 4.37. The van der Waals surface area contributed by atoms with E-state index in [0.29, 0.717) is 5.92 Å². The first-order valence-electron chi connectivity index (χ1n) is 3.27. The van der Waals surface area contributed by atoms with E-state index in [4.69, 9.17) is 5.26 Å². The Kier molecular flexibility index (Phi) is 0.751. The van der Waals surface area contributed by atoms with E-state index in [1.165, 1.54) is 0 Å². The summed E-state index contributed by atoms with van der Waals surface area (Å²) in [6.45, 7) is 0.896. The number of fused-ring (bicyclic) bond motifs is 1. The minimum atomic E-state index is 0.0434. The van der Waals surface area contributed by atoms with Gasteiger partial charge in [-0.05, 0) is 12.3 Å². The summed E-state index contributed by atoms with van der Waals surface area (Å²) in [6, 6.07) is 2.36. The smallest absolute Gasteiger partial charge is 0.0697 e. The van der Waals surface area contributed by atoms with Gasteiger partial charge in [0.05, 0.1) is 11.5 Å². The van der Waals surface area contributed by atoms with Crippen LogP contribution in [-0.4, -0.2) is 12.8 Å². The second-order valence-corrected chi connectivity index (χ2v) is 2.92. The second kappa shape index (κ2) is 1.36. The van der Waals surface area contributed by atoms with Gasteiger partial charge >= 0.3 is 0 Å². The van der Waals surface area contributed by atoms with Crippen molar-refractivity contribution in [3.8, 4) is 6.07 Å². The summed E-state index contributed by atoms with van der Waals surface area (Å²) in [6.07, 6.45) is 3.88. The molecule has 2 nitrogen and oxygen atoms in total. The highest BCUT2D eigenvalue weighted by Crippen LogP contribution is 2.55. The SMILES string of the molecule is N#CC12CC=NCC1C2. The monoisotopic (exact) mass is 120 g/mol. The highest BCUT2D eigenvalue weighted by atomic mass is 14.8. The molecule has 0 aromatic carbocycles. The van der Waals surface area contributed by atoms with Crippen LogP contribution < -0.4 is 0 Å². The Morgan fingerprint density at radius 3 is 3.22 bits per heavy atom. The third-order valence-corrected chi connectivity index (χ3v) is 2.37. The molecular weight excluding hydrogens is 112 g/mol. The Morgan fingerprint density at radius 2 is 2.67 bits per heavy atom. The second-order valence-electron chi connectivity index (χ2n) is 2.92. The quantitative estimate of drug-likeness (QED) is 0.469. The van der Waals surface area contributed by atoms with E-state index in [-0.39, 0.29) is 5.41 Å². The highest BCUT2D eigenvalue weighted by molar-refractivity contribution is 5.62. The van der Waals surface area contributed by atoms with Crippen molar-refractivity contribution in [3.05, 3.63) is 0 Å². The minimum Gasteiger partial charge on any atom is -0.297 e. The van der Waals surface area contributed by atoms with Gasteiger partial charge in [-0.15, -0.1) is 0 Å². The molecule has 0 amide bonds. The van der Waals surface area contributed by atoms with Crippen LogP contribution in [0.3, 0.4) is 0 Å². The van der Waals surface area contributed by atoms with Crippen molar-refractivity contribution < 1.29 is 0 Å². The maximum absolute atomic E-state index is 8.68. The first-order valence-corrected chi connectivity index (χ1v) is 3.27. The molecule has 0 N–H and O–H groups in total. The zero-order valence-electron chi connectivity index (χ0n) is 5.17. The largest absolute Gasteiger partial charge is 0.297 e. The Morgan fingerprint density at radius 1 is 1.78 bits per heavy atom. The van der Waals surface area contributed by atoms with Crippen molar-refractivity contribution in [2.45, 2.75) is 12.8 Å². The van der Waals surface area contributed by atoms with Crippen LogP contribution in [0.2, 0.25) is 0 Å². The molecule has 0 saturated heterocycles. The molecule has 1 heterocycles. The fraction of sp³-hybridized carbons (Fsp3) is 0.714. The Bertz CT molecular complexity index is 201. The number of aliphatic imine (C=N–C) groups is 1. The molecule has 2 heteroatoms. The highest BCUT2D eigenvalue weighted by Gasteiger charge is 2.55. The van der Waals surface area contributed by atoms with Gasteiger partial charge in [-0.1, -0.05) is 0 Å². The molecule has 9 heavy (non-hydrogen) atoms. The third kappa shape index (κ3) is 0.519. The molecule has 2 aliphatic rings. The predicted molar refractivity (Wildman–Crippen MR) is 34.1 cm³/mol. The molecule has 46 valence electrons. The lowest BCUT2D eigenvalue weighted by atomic mass is 10.0. The van der Waals surface area contributed by atoms with Crippen LogP contribution in [0.1, 0.15) is 12.8 Å². The predicted octanol–water partition coefficient (Wildman–Crippen LogP) is 0.991. The van der Waals surface area contributed by atoms with E-state index in [0.717, 1.165) is 19.4 Å². The van der Waals surface area contributed by atoms with Crippen LogP contribution in [0.4, 0.5) is 0 Å². The topological polar surface area (TPSA) is 36.1 Å².